The molecule has 3 aromatic rings. The zero-order valence-corrected chi connectivity index (χ0v) is 14.7. The summed E-state index contributed by atoms with van der Waals surface area (Å²) in [5.41, 5.74) is 0.225. The minimum atomic E-state index is -0.644. The molecule has 2 aromatic heterocycles. The van der Waals surface area contributed by atoms with Crippen LogP contribution in [0.1, 0.15) is 16.1 Å². The van der Waals surface area contributed by atoms with E-state index in [1.54, 1.807) is 61.8 Å². The predicted octanol–water partition coefficient (Wildman–Crippen LogP) is 3.28. The minimum absolute atomic E-state index is 0.225. The summed E-state index contributed by atoms with van der Waals surface area (Å²) >= 11 is 0. The van der Waals surface area contributed by atoms with E-state index in [-0.39, 0.29) is 18.1 Å². The van der Waals surface area contributed by atoms with Gasteiger partial charge in [0.2, 0.25) is 0 Å². The van der Waals surface area contributed by atoms with Crippen LogP contribution >= 0.6 is 0 Å². The van der Waals surface area contributed by atoms with Gasteiger partial charge in [-0.05, 0) is 36.4 Å². The van der Waals surface area contributed by atoms with Crippen LogP contribution in [0.2, 0.25) is 0 Å². The molecule has 1 amide bonds. The topological polar surface area (TPSA) is 81.9 Å². The lowest BCUT2D eigenvalue weighted by molar-refractivity contribution is -0.134. The summed E-state index contributed by atoms with van der Waals surface area (Å²) in [4.78, 5) is 29.9. The third-order valence-corrected chi connectivity index (χ3v) is 3.69. The molecule has 0 saturated heterocycles. The molecular formula is C20H18N2O5. The van der Waals surface area contributed by atoms with E-state index in [1.807, 2.05) is 0 Å². The van der Waals surface area contributed by atoms with Crippen molar-refractivity contribution in [2.24, 2.45) is 0 Å². The molecule has 0 spiro atoms. The second kappa shape index (κ2) is 8.66. The molecule has 0 aliphatic carbocycles. The largest absolute Gasteiger partial charge is 0.467 e. The van der Waals surface area contributed by atoms with Crippen molar-refractivity contribution in [2.45, 2.75) is 6.54 Å². The van der Waals surface area contributed by atoms with Gasteiger partial charge in [-0.1, -0.05) is 12.1 Å². The van der Waals surface area contributed by atoms with E-state index in [1.165, 1.54) is 17.4 Å². The Morgan fingerprint density at radius 3 is 2.70 bits per heavy atom. The number of amides is 1. The number of aromatic nitrogens is 1. The van der Waals surface area contributed by atoms with Gasteiger partial charge in [0.1, 0.15) is 22.8 Å². The molecule has 27 heavy (non-hydrogen) atoms. The molecule has 7 nitrogen and oxygen atoms in total. The molecule has 0 saturated carbocycles. The molecule has 0 N–H and O–H groups in total. The maximum atomic E-state index is 12.4. The van der Waals surface area contributed by atoms with Gasteiger partial charge in [-0.15, -0.1) is 0 Å². The number of hydrogen-bond donors (Lipinski definition) is 0. The van der Waals surface area contributed by atoms with Crippen LogP contribution in [0, 0.1) is 0 Å². The van der Waals surface area contributed by atoms with Gasteiger partial charge in [-0.25, -0.2) is 4.79 Å². The summed E-state index contributed by atoms with van der Waals surface area (Å²) in [6.07, 6.45) is 4.69. The SMILES string of the molecule is CN(Cc1ccco1)C(=O)COC(=O)c1ccccc1Oc1cccnc1. The average Bonchev–Trinajstić information content (AvgIpc) is 3.20. The molecule has 2 heterocycles. The zero-order valence-electron chi connectivity index (χ0n) is 14.7. The van der Waals surface area contributed by atoms with Crippen molar-refractivity contribution in [3.63, 3.8) is 0 Å². The Bertz CT molecular complexity index is 894. The first kappa shape index (κ1) is 18.2. The van der Waals surface area contributed by atoms with E-state index in [2.05, 4.69) is 4.98 Å². The number of ether oxygens (including phenoxy) is 2. The molecule has 0 unspecified atom stereocenters. The number of hydrogen-bond acceptors (Lipinski definition) is 6. The second-order valence-corrected chi connectivity index (χ2v) is 5.69. The molecule has 0 aliphatic heterocycles. The summed E-state index contributed by atoms with van der Waals surface area (Å²) < 4.78 is 16.0. The number of rotatable bonds is 7. The number of benzene rings is 1. The number of para-hydroxylation sites is 1. The van der Waals surface area contributed by atoms with Crippen molar-refractivity contribution >= 4 is 11.9 Å². The minimum Gasteiger partial charge on any atom is -0.467 e. The van der Waals surface area contributed by atoms with E-state index in [9.17, 15) is 9.59 Å². The van der Waals surface area contributed by atoms with Gasteiger partial charge in [0.05, 0.1) is 19.0 Å². The lowest BCUT2D eigenvalue weighted by atomic mass is 10.2. The number of esters is 1. The summed E-state index contributed by atoms with van der Waals surface area (Å²) in [6, 6.07) is 13.6. The molecule has 3 rings (SSSR count). The molecule has 1 aromatic carbocycles. The van der Waals surface area contributed by atoms with Gasteiger partial charge in [0, 0.05) is 13.2 Å². The summed E-state index contributed by atoms with van der Waals surface area (Å²) in [6.45, 7) is -0.0820. The van der Waals surface area contributed by atoms with Crippen molar-refractivity contribution < 1.29 is 23.5 Å². The molecule has 7 heteroatoms. The monoisotopic (exact) mass is 366 g/mol. The highest BCUT2D eigenvalue weighted by Gasteiger charge is 2.18. The van der Waals surface area contributed by atoms with Crippen LogP contribution in [0.25, 0.3) is 0 Å². The van der Waals surface area contributed by atoms with Gasteiger partial charge in [0.25, 0.3) is 5.91 Å². The summed E-state index contributed by atoms with van der Waals surface area (Å²) in [7, 11) is 1.61. The average molecular weight is 366 g/mol. The Hall–Kier alpha value is -3.61. The number of furan rings is 1. The van der Waals surface area contributed by atoms with Gasteiger partial charge in [0.15, 0.2) is 6.61 Å². The van der Waals surface area contributed by atoms with Crippen LogP contribution in [0.15, 0.2) is 71.6 Å². The van der Waals surface area contributed by atoms with Gasteiger partial charge >= 0.3 is 5.97 Å². The first-order valence-corrected chi connectivity index (χ1v) is 8.24. The lowest BCUT2D eigenvalue weighted by Crippen LogP contribution is -2.30. The molecule has 138 valence electrons. The standard InChI is InChI=1S/C20H18N2O5/c1-22(13-16-7-5-11-25-16)19(23)14-26-20(24)17-8-2-3-9-18(17)27-15-6-4-10-21-12-15/h2-12H,13-14H2,1H3. The molecule has 0 atom stereocenters. The third kappa shape index (κ3) is 4.94. The van der Waals surface area contributed by atoms with Crippen molar-refractivity contribution in [1.29, 1.82) is 0 Å². The van der Waals surface area contributed by atoms with E-state index in [4.69, 9.17) is 13.9 Å². The molecule has 0 bridgehead atoms. The number of carbonyl (C=O) groups is 2. The predicted molar refractivity (Wildman–Crippen MR) is 96.2 cm³/mol. The maximum Gasteiger partial charge on any atom is 0.342 e. The highest BCUT2D eigenvalue weighted by molar-refractivity contribution is 5.94. The van der Waals surface area contributed by atoms with Crippen molar-refractivity contribution in [3.8, 4) is 11.5 Å². The van der Waals surface area contributed by atoms with E-state index in [0.29, 0.717) is 23.8 Å². The Labute approximate surface area is 156 Å². The molecule has 0 radical (unpaired) electrons. The Morgan fingerprint density at radius 2 is 1.96 bits per heavy atom. The lowest BCUT2D eigenvalue weighted by Gasteiger charge is -2.16. The number of carbonyl (C=O) groups excluding carboxylic acids is 2. The summed E-state index contributed by atoms with van der Waals surface area (Å²) in [5, 5.41) is 0. The molecule has 0 fully saturated rings. The zero-order chi connectivity index (χ0) is 19.1. The second-order valence-electron chi connectivity index (χ2n) is 5.69. The normalized spacial score (nSPS) is 10.3. The first-order valence-electron chi connectivity index (χ1n) is 8.24. The van der Waals surface area contributed by atoms with Gasteiger partial charge in [-0.3, -0.25) is 9.78 Å². The Balaban J connectivity index is 1.60. The van der Waals surface area contributed by atoms with E-state index < -0.39 is 5.97 Å². The highest BCUT2D eigenvalue weighted by Crippen LogP contribution is 2.25. The van der Waals surface area contributed by atoms with Crippen LogP contribution in [0.4, 0.5) is 0 Å². The van der Waals surface area contributed by atoms with Crippen LogP contribution in [-0.2, 0) is 16.1 Å². The van der Waals surface area contributed by atoms with Crippen LogP contribution in [-0.4, -0.2) is 35.4 Å². The van der Waals surface area contributed by atoms with E-state index >= 15 is 0 Å². The highest BCUT2D eigenvalue weighted by atomic mass is 16.5. The van der Waals surface area contributed by atoms with E-state index in [0.717, 1.165) is 0 Å². The number of nitrogens with zero attached hydrogens (tertiary/aromatic N) is 2. The van der Waals surface area contributed by atoms with Gasteiger partial charge in [-0.2, -0.15) is 0 Å². The van der Waals surface area contributed by atoms with Crippen molar-refractivity contribution in [1.82, 2.24) is 9.88 Å². The smallest absolute Gasteiger partial charge is 0.342 e. The molecular weight excluding hydrogens is 348 g/mol. The number of likely N-dealkylation sites (N-methyl/N-ethyl adjacent to an activating group) is 1. The fourth-order valence-electron chi connectivity index (χ4n) is 2.30. The van der Waals surface area contributed by atoms with Crippen LogP contribution in [0.3, 0.4) is 0 Å². The Kier molecular flexibility index (Phi) is 5.84. The fraction of sp³-hybridized carbons (Fsp3) is 0.150. The number of pyridine rings is 1. The third-order valence-electron chi connectivity index (χ3n) is 3.69. The van der Waals surface area contributed by atoms with Gasteiger partial charge < -0.3 is 18.8 Å². The van der Waals surface area contributed by atoms with Crippen LogP contribution < -0.4 is 4.74 Å². The first-order chi connectivity index (χ1) is 13.1. The quantitative estimate of drug-likeness (QED) is 0.597. The van der Waals surface area contributed by atoms with Crippen molar-refractivity contribution in [3.05, 3.63) is 78.5 Å². The fourth-order valence-corrected chi connectivity index (χ4v) is 2.30. The van der Waals surface area contributed by atoms with Crippen LogP contribution in [0.5, 0.6) is 11.5 Å². The maximum absolute atomic E-state index is 12.4. The Morgan fingerprint density at radius 1 is 1.11 bits per heavy atom. The summed E-state index contributed by atoms with van der Waals surface area (Å²) in [5.74, 6) is 0.478. The van der Waals surface area contributed by atoms with Crippen molar-refractivity contribution in [2.75, 3.05) is 13.7 Å². The molecule has 0 aliphatic rings.